The molecular weight excluding hydrogens is 219 g/mol. The van der Waals surface area contributed by atoms with Crippen molar-refractivity contribution in [3.05, 3.63) is 35.9 Å². The van der Waals surface area contributed by atoms with Crippen molar-refractivity contribution in [2.24, 2.45) is 0 Å². The van der Waals surface area contributed by atoms with Crippen molar-refractivity contribution in [3.63, 3.8) is 0 Å². The maximum Gasteiger partial charge on any atom is 0.132 e. The summed E-state index contributed by atoms with van der Waals surface area (Å²) in [5, 5.41) is 0. The average Bonchev–Trinajstić information content (AvgIpc) is 2.21. The minimum atomic E-state index is -0.397. The Labute approximate surface area is 96.0 Å². The van der Waals surface area contributed by atoms with Gasteiger partial charge >= 0.3 is 0 Å². The molecule has 3 heteroatoms. The molecule has 0 saturated carbocycles. The fourth-order valence-electron chi connectivity index (χ4n) is 0.803. The molecule has 0 bridgehead atoms. The lowest BCUT2D eigenvalue weighted by Crippen LogP contribution is -1.84. The summed E-state index contributed by atoms with van der Waals surface area (Å²) in [4.78, 5) is -0.397. The van der Waals surface area contributed by atoms with Gasteiger partial charge in [-0.05, 0) is 19.4 Å². The van der Waals surface area contributed by atoms with Crippen molar-refractivity contribution in [2.45, 2.75) is 18.7 Å². The third kappa shape index (κ3) is 7.19. The van der Waals surface area contributed by atoms with E-state index in [4.69, 9.17) is 27.9 Å². The van der Waals surface area contributed by atoms with E-state index in [1.807, 2.05) is 44.2 Å². The fourth-order valence-corrected chi connectivity index (χ4v) is 1.09. The van der Waals surface area contributed by atoms with E-state index in [0.29, 0.717) is 0 Å². The fraction of sp³-hybridized carbons (Fsp3) is 0.455. The van der Waals surface area contributed by atoms with Gasteiger partial charge in [0.2, 0.25) is 0 Å². The summed E-state index contributed by atoms with van der Waals surface area (Å²) >= 11 is 11.1. The number of rotatable bonds is 3. The van der Waals surface area contributed by atoms with Gasteiger partial charge < -0.3 is 4.74 Å². The third-order valence-electron chi connectivity index (χ3n) is 1.46. The second-order valence-electron chi connectivity index (χ2n) is 2.49. The van der Waals surface area contributed by atoms with Gasteiger partial charge in [0.1, 0.15) is 4.84 Å². The maximum absolute atomic E-state index is 5.57. The second kappa shape index (κ2) is 9.32. The smallest absolute Gasteiger partial charge is 0.132 e. The predicted octanol–water partition coefficient (Wildman–Crippen LogP) is 4.21. The summed E-state index contributed by atoms with van der Waals surface area (Å²) in [5.41, 5.74) is 0.945. The largest absolute Gasteiger partial charge is 0.382 e. The van der Waals surface area contributed by atoms with Gasteiger partial charge in [-0.1, -0.05) is 30.3 Å². The number of benzene rings is 1. The van der Waals surface area contributed by atoms with Gasteiger partial charge in [-0.25, -0.2) is 0 Å². The van der Waals surface area contributed by atoms with Crippen LogP contribution in [0.25, 0.3) is 0 Å². The van der Waals surface area contributed by atoms with E-state index in [-0.39, 0.29) is 0 Å². The van der Waals surface area contributed by atoms with Gasteiger partial charge in [-0.3, -0.25) is 0 Å². The van der Waals surface area contributed by atoms with E-state index in [1.165, 1.54) is 0 Å². The Balaban J connectivity index is 0.000000292. The van der Waals surface area contributed by atoms with Gasteiger partial charge in [-0.15, -0.1) is 23.2 Å². The van der Waals surface area contributed by atoms with Crippen LogP contribution in [0.4, 0.5) is 0 Å². The Bertz CT molecular complexity index is 210. The molecule has 14 heavy (non-hydrogen) atoms. The van der Waals surface area contributed by atoms with Crippen LogP contribution in [0.3, 0.4) is 0 Å². The monoisotopic (exact) mass is 234 g/mol. The lowest BCUT2D eigenvalue weighted by atomic mass is 10.2. The summed E-state index contributed by atoms with van der Waals surface area (Å²) in [6.07, 6.45) is 0. The molecule has 0 atom stereocenters. The zero-order valence-corrected chi connectivity index (χ0v) is 10.1. The Morgan fingerprint density at radius 3 is 1.79 bits per heavy atom. The van der Waals surface area contributed by atoms with Crippen LogP contribution in [0.2, 0.25) is 0 Å². The minimum absolute atomic E-state index is 0.397. The topological polar surface area (TPSA) is 9.23 Å². The van der Waals surface area contributed by atoms with E-state index < -0.39 is 4.84 Å². The number of hydrogen-bond acceptors (Lipinski definition) is 1. The van der Waals surface area contributed by atoms with E-state index in [2.05, 4.69) is 0 Å². The third-order valence-corrected chi connectivity index (χ3v) is 1.96. The van der Waals surface area contributed by atoms with E-state index in [1.54, 1.807) is 0 Å². The Kier molecular flexibility index (Phi) is 9.16. The van der Waals surface area contributed by atoms with Crippen LogP contribution >= 0.6 is 23.2 Å². The second-order valence-corrected chi connectivity index (χ2v) is 3.59. The quantitative estimate of drug-likeness (QED) is 0.713. The molecule has 1 aromatic carbocycles. The average molecular weight is 235 g/mol. The number of alkyl halides is 2. The highest BCUT2D eigenvalue weighted by Gasteiger charge is 1.98. The Morgan fingerprint density at radius 2 is 1.57 bits per heavy atom. The molecule has 1 rings (SSSR count). The first-order valence-corrected chi connectivity index (χ1v) is 5.50. The van der Waals surface area contributed by atoms with Gasteiger partial charge in [0.25, 0.3) is 0 Å². The molecule has 0 aliphatic heterocycles. The highest BCUT2D eigenvalue weighted by atomic mass is 35.5. The SMILES string of the molecule is CCOCC.ClC(Cl)c1ccccc1. The highest BCUT2D eigenvalue weighted by Crippen LogP contribution is 2.23. The van der Waals surface area contributed by atoms with Crippen molar-refractivity contribution in [2.75, 3.05) is 13.2 Å². The van der Waals surface area contributed by atoms with Crippen LogP contribution in [0.5, 0.6) is 0 Å². The van der Waals surface area contributed by atoms with Gasteiger partial charge in [-0.2, -0.15) is 0 Å². The van der Waals surface area contributed by atoms with Crippen molar-refractivity contribution in [1.82, 2.24) is 0 Å². The Hall–Kier alpha value is -0.240. The zero-order chi connectivity index (χ0) is 10.8. The van der Waals surface area contributed by atoms with E-state index >= 15 is 0 Å². The van der Waals surface area contributed by atoms with Crippen molar-refractivity contribution in [1.29, 1.82) is 0 Å². The van der Waals surface area contributed by atoms with E-state index in [0.717, 1.165) is 18.8 Å². The maximum atomic E-state index is 5.57. The predicted molar refractivity (Wildman–Crippen MR) is 63.1 cm³/mol. The van der Waals surface area contributed by atoms with Gasteiger partial charge in [0, 0.05) is 13.2 Å². The molecular formula is C11H16Cl2O. The molecule has 0 radical (unpaired) electrons. The number of halogens is 2. The number of hydrogen-bond donors (Lipinski definition) is 0. The highest BCUT2D eigenvalue weighted by molar-refractivity contribution is 6.44. The van der Waals surface area contributed by atoms with Crippen molar-refractivity contribution in [3.8, 4) is 0 Å². The first kappa shape index (κ1) is 13.8. The lowest BCUT2D eigenvalue weighted by molar-refractivity contribution is 0.162. The molecule has 0 amide bonds. The molecule has 0 fully saturated rings. The molecule has 0 saturated heterocycles. The van der Waals surface area contributed by atoms with Crippen molar-refractivity contribution < 1.29 is 4.74 Å². The summed E-state index contributed by atoms with van der Waals surface area (Å²) in [6.45, 7) is 5.67. The molecule has 0 heterocycles. The van der Waals surface area contributed by atoms with Gasteiger partial charge in [0.05, 0.1) is 0 Å². The molecule has 0 aliphatic carbocycles. The summed E-state index contributed by atoms with van der Waals surface area (Å²) < 4.78 is 4.83. The molecule has 1 aromatic rings. The molecule has 0 aliphatic rings. The standard InChI is InChI=1S/C7H6Cl2.C4H10O/c8-7(9)6-4-2-1-3-5-6;1-3-5-4-2/h1-5,7H;3-4H2,1-2H3. The first-order valence-electron chi connectivity index (χ1n) is 4.63. The zero-order valence-electron chi connectivity index (χ0n) is 8.54. The van der Waals surface area contributed by atoms with Gasteiger partial charge in [0.15, 0.2) is 0 Å². The Morgan fingerprint density at radius 1 is 1.07 bits per heavy atom. The lowest BCUT2D eigenvalue weighted by Gasteiger charge is -1.97. The van der Waals surface area contributed by atoms with Crippen molar-refractivity contribution >= 4 is 23.2 Å². The van der Waals surface area contributed by atoms with Crippen LogP contribution in [0.15, 0.2) is 30.3 Å². The molecule has 0 aromatic heterocycles. The summed E-state index contributed by atoms with van der Waals surface area (Å²) in [7, 11) is 0. The van der Waals surface area contributed by atoms with E-state index in [9.17, 15) is 0 Å². The normalized spacial score (nSPS) is 9.50. The number of ether oxygens (including phenoxy) is 1. The first-order chi connectivity index (χ1) is 6.72. The van der Waals surface area contributed by atoms with Crippen LogP contribution < -0.4 is 0 Å². The molecule has 0 N–H and O–H groups in total. The molecule has 0 spiro atoms. The van der Waals surface area contributed by atoms with Crippen LogP contribution in [0, 0.1) is 0 Å². The summed E-state index contributed by atoms with van der Waals surface area (Å²) in [6, 6.07) is 9.54. The molecule has 80 valence electrons. The van der Waals surface area contributed by atoms with Crippen LogP contribution in [-0.4, -0.2) is 13.2 Å². The molecule has 1 nitrogen and oxygen atoms in total. The van der Waals surface area contributed by atoms with Crippen LogP contribution in [0.1, 0.15) is 24.2 Å². The summed E-state index contributed by atoms with van der Waals surface area (Å²) in [5.74, 6) is 0. The van der Waals surface area contributed by atoms with Crippen LogP contribution in [-0.2, 0) is 4.74 Å². The minimum Gasteiger partial charge on any atom is -0.382 e. The molecule has 0 unspecified atom stereocenters.